The SMILES string of the molecule is CN(CCNC(C)(C)C)c1ccccc1. The third-order valence-electron chi connectivity index (χ3n) is 2.30. The summed E-state index contributed by atoms with van der Waals surface area (Å²) in [5.74, 6) is 0. The average Bonchev–Trinajstić information content (AvgIpc) is 2.17. The number of benzene rings is 1. The fraction of sp³-hybridized carbons (Fsp3) is 0.538. The molecule has 0 amide bonds. The number of likely N-dealkylation sites (N-methyl/N-ethyl adjacent to an activating group) is 1. The van der Waals surface area contributed by atoms with Crippen LogP contribution >= 0.6 is 0 Å². The van der Waals surface area contributed by atoms with Gasteiger partial charge in [0.05, 0.1) is 0 Å². The van der Waals surface area contributed by atoms with E-state index in [4.69, 9.17) is 0 Å². The van der Waals surface area contributed by atoms with Gasteiger partial charge in [-0.3, -0.25) is 0 Å². The molecule has 2 nitrogen and oxygen atoms in total. The molecule has 0 aliphatic carbocycles. The van der Waals surface area contributed by atoms with Crippen molar-refractivity contribution in [3.8, 4) is 0 Å². The molecule has 0 aromatic heterocycles. The smallest absolute Gasteiger partial charge is 0.0364 e. The average molecular weight is 206 g/mol. The molecule has 0 aliphatic rings. The molecule has 0 fully saturated rings. The molecular weight excluding hydrogens is 184 g/mol. The number of rotatable bonds is 4. The van der Waals surface area contributed by atoms with Crippen LogP contribution in [0.5, 0.6) is 0 Å². The summed E-state index contributed by atoms with van der Waals surface area (Å²) >= 11 is 0. The number of nitrogens with one attached hydrogen (secondary N) is 1. The highest BCUT2D eigenvalue weighted by molar-refractivity contribution is 5.44. The van der Waals surface area contributed by atoms with E-state index in [2.05, 4.69) is 62.3 Å². The van der Waals surface area contributed by atoms with Gasteiger partial charge in [0.15, 0.2) is 0 Å². The molecule has 0 atom stereocenters. The second-order valence-electron chi connectivity index (χ2n) is 4.93. The number of nitrogens with zero attached hydrogens (tertiary/aromatic N) is 1. The van der Waals surface area contributed by atoms with Crippen molar-refractivity contribution in [1.82, 2.24) is 5.32 Å². The first-order chi connectivity index (χ1) is 6.99. The topological polar surface area (TPSA) is 15.3 Å². The summed E-state index contributed by atoms with van der Waals surface area (Å²) in [4.78, 5) is 2.26. The van der Waals surface area contributed by atoms with Crippen molar-refractivity contribution in [2.45, 2.75) is 26.3 Å². The zero-order valence-corrected chi connectivity index (χ0v) is 10.2. The molecule has 0 heterocycles. The zero-order chi connectivity index (χ0) is 11.3. The lowest BCUT2D eigenvalue weighted by Gasteiger charge is -2.24. The van der Waals surface area contributed by atoms with Gasteiger partial charge in [-0.2, -0.15) is 0 Å². The number of anilines is 1. The van der Waals surface area contributed by atoms with Crippen molar-refractivity contribution in [3.05, 3.63) is 30.3 Å². The lowest BCUT2D eigenvalue weighted by atomic mass is 10.1. The molecule has 0 saturated carbocycles. The largest absolute Gasteiger partial charge is 0.373 e. The first-order valence-corrected chi connectivity index (χ1v) is 5.50. The molecule has 0 unspecified atom stereocenters. The van der Waals surface area contributed by atoms with Gasteiger partial charge in [-0.15, -0.1) is 0 Å². The van der Waals surface area contributed by atoms with E-state index in [-0.39, 0.29) is 5.54 Å². The van der Waals surface area contributed by atoms with E-state index in [9.17, 15) is 0 Å². The van der Waals surface area contributed by atoms with Gasteiger partial charge in [0.1, 0.15) is 0 Å². The molecule has 84 valence electrons. The van der Waals surface area contributed by atoms with E-state index in [1.807, 2.05) is 6.07 Å². The second kappa shape index (κ2) is 5.17. The Bertz CT molecular complexity index is 274. The Kier molecular flexibility index (Phi) is 4.15. The molecule has 0 aliphatic heterocycles. The van der Waals surface area contributed by atoms with Gasteiger partial charge in [0.25, 0.3) is 0 Å². The molecule has 1 rings (SSSR count). The number of hydrogen-bond donors (Lipinski definition) is 1. The minimum atomic E-state index is 0.206. The summed E-state index contributed by atoms with van der Waals surface area (Å²) in [7, 11) is 2.12. The third kappa shape index (κ3) is 4.84. The third-order valence-corrected chi connectivity index (χ3v) is 2.30. The molecule has 0 radical (unpaired) electrons. The van der Waals surface area contributed by atoms with Crippen molar-refractivity contribution >= 4 is 5.69 Å². The van der Waals surface area contributed by atoms with Crippen molar-refractivity contribution < 1.29 is 0 Å². The zero-order valence-electron chi connectivity index (χ0n) is 10.2. The first-order valence-electron chi connectivity index (χ1n) is 5.50. The molecule has 15 heavy (non-hydrogen) atoms. The predicted octanol–water partition coefficient (Wildman–Crippen LogP) is 2.51. The Morgan fingerprint density at radius 1 is 1.13 bits per heavy atom. The molecule has 0 bridgehead atoms. The van der Waals surface area contributed by atoms with Crippen molar-refractivity contribution in [2.75, 3.05) is 25.0 Å². The van der Waals surface area contributed by atoms with E-state index >= 15 is 0 Å². The summed E-state index contributed by atoms with van der Waals surface area (Å²) in [6.07, 6.45) is 0. The Labute approximate surface area is 93.3 Å². The highest BCUT2D eigenvalue weighted by Gasteiger charge is 2.08. The fourth-order valence-electron chi connectivity index (χ4n) is 1.41. The van der Waals surface area contributed by atoms with E-state index in [0.29, 0.717) is 0 Å². The molecular formula is C13H22N2. The standard InChI is InChI=1S/C13H22N2/c1-13(2,3)14-10-11-15(4)12-8-6-5-7-9-12/h5-9,14H,10-11H2,1-4H3. The Morgan fingerprint density at radius 2 is 1.73 bits per heavy atom. The van der Waals surface area contributed by atoms with Gasteiger partial charge in [-0.05, 0) is 32.9 Å². The van der Waals surface area contributed by atoms with E-state index in [1.165, 1.54) is 5.69 Å². The van der Waals surface area contributed by atoms with Crippen LogP contribution in [0.25, 0.3) is 0 Å². The van der Waals surface area contributed by atoms with Crippen molar-refractivity contribution in [1.29, 1.82) is 0 Å². The Balaban J connectivity index is 2.34. The maximum atomic E-state index is 3.48. The number of hydrogen-bond acceptors (Lipinski definition) is 2. The molecule has 1 N–H and O–H groups in total. The van der Waals surface area contributed by atoms with Gasteiger partial charge in [0.2, 0.25) is 0 Å². The molecule has 1 aromatic carbocycles. The molecule has 0 spiro atoms. The Morgan fingerprint density at radius 3 is 2.27 bits per heavy atom. The summed E-state index contributed by atoms with van der Waals surface area (Å²) < 4.78 is 0. The van der Waals surface area contributed by atoms with Crippen LogP contribution in [0, 0.1) is 0 Å². The van der Waals surface area contributed by atoms with Gasteiger partial charge in [-0.25, -0.2) is 0 Å². The van der Waals surface area contributed by atoms with Crippen LogP contribution < -0.4 is 10.2 Å². The highest BCUT2D eigenvalue weighted by Crippen LogP contribution is 2.10. The van der Waals surface area contributed by atoms with Gasteiger partial charge in [0, 0.05) is 31.4 Å². The summed E-state index contributed by atoms with van der Waals surface area (Å²) in [6, 6.07) is 10.5. The normalized spacial score (nSPS) is 11.5. The van der Waals surface area contributed by atoms with Crippen LogP contribution in [0.1, 0.15) is 20.8 Å². The van der Waals surface area contributed by atoms with Crippen molar-refractivity contribution in [3.63, 3.8) is 0 Å². The minimum Gasteiger partial charge on any atom is -0.373 e. The second-order valence-corrected chi connectivity index (χ2v) is 4.93. The fourth-order valence-corrected chi connectivity index (χ4v) is 1.41. The van der Waals surface area contributed by atoms with Crippen LogP contribution in [0.4, 0.5) is 5.69 Å². The quantitative estimate of drug-likeness (QED) is 0.814. The van der Waals surface area contributed by atoms with E-state index < -0.39 is 0 Å². The van der Waals surface area contributed by atoms with Crippen LogP contribution in [0.15, 0.2) is 30.3 Å². The molecule has 2 heteroatoms. The first kappa shape index (κ1) is 12.1. The van der Waals surface area contributed by atoms with E-state index in [0.717, 1.165) is 13.1 Å². The van der Waals surface area contributed by atoms with Crippen LogP contribution in [0.2, 0.25) is 0 Å². The maximum absolute atomic E-state index is 3.48. The summed E-state index contributed by atoms with van der Waals surface area (Å²) in [6.45, 7) is 8.61. The van der Waals surface area contributed by atoms with Gasteiger partial charge < -0.3 is 10.2 Å². The lowest BCUT2D eigenvalue weighted by molar-refractivity contribution is 0.431. The Hall–Kier alpha value is -1.02. The summed E-state index contributed by atoms with van der Waals surface area (Å²) in [5, 5.41) is 3.48. The van der Waals surface area contributed by atoms with Crippen molar-refractivity contribution in [2.24, 2.45) is 0 Å². The highest BCUT2D eigenvalue weighted by atomic mass is 15.1. The monoisotopic (exact) mass is 206 g/mol. The molecule has 1 aromatic rings. The minimum absolute atomic E-state index is 0.206. The number of para-hydroxylation sites is 1. The van der Waals surface area contributed by atoms with Gasteiger partial charge in [-0.1, -0.05) is 18.2 Å². The van der Waals surface area contributed by atoms with Gasteiger partial charge >= 0.3 is 0 Å². The van der Waals surface area contributed by atoms with Crippen LogP contribution in [-0.2, 0) is 0 Å². The lowest BCUT2D eigenvalue weighted by Crippen LogP contribution is -2.40. The maximum Gasteiger partial charge on any atom is 0.0364 e. The summed E-state index contributed by atoms with van der Waals surface area (Å²) in [5.41, 5.74) is 1.48. The van der Waals surface area contributed by atoms with Crippen LogP contribution in [0.3, 0.4) is 0 Å². The van der Waals surface area contributed by atoms with E-state index in [1.54, 1.807) is 0 Å². The van der Waals surface area contributed by atoms with Crippen LogP contribution in [-0.4, -0.2) is 25.7 Å². The molecule has 0 saturated heterocycles. The predicted molar refractivity (Wildman–Crippen MR) is 67.5 cm³/mol.